The Balaban J connectivity index is 1.69. The monoisotopic (exact) mass is 502 g/mol. The van der Waals surface area contributed by atoms with E-state index in [2.05, 4.69) is 54.1 Å². The highest BCUT2D eigenvalue weighted by Gasteiger charge is 2.48. The summed E-state index contributed by atoms with van der Waals surface area (Å²) in [7, 11) is 0.123. The minimum Gasteiger partial charge on any atom is -0.493 e. The van der Waals surface area contributed by atoms with Crippen LogP contribution in [0.15, 0.2) is 5.16 Å². The van der Waals surface area contributed by atoms with Crippen LogP contribution in [0.4, 0.5) is 4.39 Å². The van der Waals surface area contributed by atoms with Crippen molar-refractivity contribution in [2.75, 3.05) is 19.9 Å². The van der Waals surface area contributed by atoms with Gasteiger partial charge in [-0.25, -0.2) is 9.37 Å². The molecule has 1 fully saturated rings. The molecule has 11 heteroatoms. The molecule has 1 aliphatic rings. The first kappa shape index (κ1) is 25.4. The lowest BCUT2D eigenvalue weighted by Gasteiger charge is -2.51. The largest absolute Gasteiger partial charge is 0.493 e. The zero-order valence-electron chi connectivity index (χ0n) is 19.7. The fourth-order valence-corrected chi connectivity index (χ4v) is 5.52. The molecule has 0 atom stereocenters. The highest BCUT2D eigenvalue weighted by molar-refractivity contribution is 7.98. The SMILES string of the molecule is CNC1(CCOc2nc(Cl)c(F)c3nc(SC)nc(O)c23)CC(O[Si](C)(C)C(C)(C)C)C1. The van der Waals surface area contributed by atoms with E-state index in [0.717, 1.165) is 12.8 Å². The Hall–Kier alpha value is -1.20. The molecule has 0 radical (unpaired) electrons. The third kappa shape index (κ3) is 4.99. The van der Waals surface area contributed by atoms with Gasteiger partial charge in [0.1, 0.15) is 10.9 Å². The van der Waals surface area contributed by atoms with Crippen LogP contribution in [-0.2, 0) is 4.43 Å². The number of aromatic hydroxyl groups is 1. The molecule has 0 amide bonds. The molecule has 2 aromatic heterocycles. The number of rotatable bonds is 8. The minimum absolute atomic E-state index is 0.0240. The number of nitrogens with one attached hydrogen (secondary N) is 1. The van der Waals surface area contributed by atoms with E-state index < -0.39 is 14.1 Å². The first-order valence-electron chi connectivity index (χ1n) is 10.6. The molecular formula is C21H32ClFN4O3SSi. The lowest BCUT2D eigenvalue weighted by molar-refractivity contribution is 0.00350. The van der Waals surface area contributed by atoms with Crippen LogP contribution in [0, 0.1) is 5.82 Å². The van der Waals surface area contributed by atoms with Crippen LogP contribution in [0.5, 0.6) is 11.8 Å². The van der Waals surface area contributed by atoms with Crippen molar-refractivity contribution in [1.82, 2.24) is 20.3 Å². The predicted octanol–water partition coefficient (Wildman–Crippen LogP) is 5.16. The average molecular weight is 503 g/mol. The Morgan fingerprint density at radius 3 is 2.50 bits per heavy atom. The van der Waals surface area contributed by atoms with E-state index in [1.807, 2.05) is 7.05 Å². The number of hydrogen-bond donors (Lipinski definition) is 2. The quantitative estimate of drug-likeness (QED) is 0.221. The number of ether oxygens (including phenoxy) is 1. The molecule has 3 rings (SSSR count). The summed E-state index contributed by atoms with van der Waals surface area (Å²) in [4.78, 5) is 12.1. The summed E-state index contributed by atoms with van der Waals surface area (Å²) in [6.45, 7) is 11.6. The topological polar surface area (TPSA) is 89.4 Å². The molecule has 0 aromatic carbocycles. The Labute approximate surface area is 199 Å². The Kier molecular flexibility index (Phi) is 7.32. The summed E-state index contributed by atoms with van der Waals surface area (Å²) in [5.41, 5.74) is -0.205. The minimum atomic E-state index is -1.82. The lowest BCUT2D eigenvalue weighted by atomic mass is 9.72. The molecule has 2 aromatic rings. The second-order valence-electron chi connectivity index (χ2n) is 9.82. The number of halogens is 2. The maximum atomic E-state index is 14.5. The molecule has 1 saturated carbocycles. The second kappa shape index (κ2) is 9.21. The van der Waals surface area contributed by atoms with E-state index in [1.54, 1.807) is 6.26 Å². The van der Waals surface area contributed by atoms with Gasteiger partial charge in [0.05, 0.1) is 6.61 Å². The molecule has 0 bridgehead atoms. The van der Waals surface area contributed by atoms with Crippen molar-refractivity contribution in [3.63, 3.8) is 0 Å². The highest BCUT2D eigenvalue weighted by atomic mass is 35.5. The Morgan fingerprint density at radius 2 is 1.94 bits per heavy atom. The van der Waals surface area contributed by atoms with Gasteiger partial charge in [-0.2, -0.15) is 9.97 Å². The first-order valence-corrected chi connectivity index (χ1v) is 15.1. The smallest absolute Gasteiger partial charge is 0.230 e. The van der Waals surface area contributed by atoms with Gasteiger partial charge in [-0.1, -0.05) is 44.1 Å². The maximum Gasteiger partial charge on any atom is 0.230 e. The normalized spacial score (nSPS) is 21.6. The number of nitrogens with zero attached hydrogens (tertiary/aromatic N) is 3. The van der Waals surface area contributed by atoms with Crippen LogP contribution in [0.2, 0.25) is 23.3 Å². The summed E-state index contributed by atoms with van der Waals surface area (Å²) in [5, 5.41) is 13.8. The summed E-state index contributed by atoms with van der Waals surface area (Å²) in [6.07, 6.45) is 4.44. The van der Waals surface area contributed by atoms with E-state index in [1.165, 1.54) is 11.8 Å². The molecule has 2 heterocycles. The van der Waals surface area contributed by atoms with Crippen molar-refractivity contribution >= 4 is 42.6 Å². The molecule has 2 N–H and O–H groups in total. The van der Waals surface area contributed by atoms with Gasteiger partial charge in [0, 0.05) is 11.6 Å². The average Bonchev–Trinajstić information content (AvgIpc) is 2.67. The first-order chi connectivity index (χ1) is 14.8. The summed E-state index contributed by atoms with van der Waals surface area (Å²) in [6, 6.07) is 0. The summed E-state index contributed by atoms with van der Waals surface area (Å²) in [5.74, 6) is -1.17. The van der Waals surface area contributed by atoms with E-state index in [9.17, 15) is 9.50 Å². The van der Waals surface area contributed by atoms with E-state index >= 15 is 0 Å². The van der Waals surface area contributed by atoms with Gasteiger partial charge in [0.2, 0.25) is 11.8 Å². The van der Waals surface area contributed by atoms with Gasteiger partial charge < -0.3 is 19.6 Å². The zero-order chi connectivity index (χ0) is 23.9. The van der Waals surface area contributed by atoms with Crippen molar-refractivity contribution in [1.29, 1.82) is 0 Å². The van der Waals surface area contributed by atoms with E-state index in [4.69, 9.17) is 20.8 Å². The number of thioether (sulfide) groups is 1. The van der Waals surface area contributed by atoms with Crippen molar-refractivity contribution in [3.05, 3.63) is 11.0 Å². The Morgan fingerprint density at radius 1 is 1.28 bits per heavy atom. The van der Waals surface area contributed by atoms with Gasteiger partial charge in [-0.3, -0.25) is 0 Å². The molecule has 32 heavy (non-hydrogen) atoms. The van der Waals surface area contributed by atoms with E-state index in [0.29, 0.717) is 13.0 Å². The summed E-state index contributed by atoms with van der Waals surface area (Å²) >= 11 is 7.14. The van der Waals surface area contributed by atoms with Gasteiger partial charge in [0.25, 0.3) is 0 Å². The van der Waals surface area contributed by atoms with Crippen LogP contribution in [0.1, 0.15) is 40.0 Å². The van der Waals surface area contributed by atoms with Crippen LogP contribution < -0.4 is 10.1 Å². The molecular weight excluding hydrogens is 471 g/mol. The van der Waals surface area contributed by atoms with Gasteiger partial charge in [0.15, 0.2) is 24.4 Å². The standard InChI is InChI=1S/C21H32ClFN4O3SSi/c1-20(2,3)32(6,7)30-12-10-21(11-12,24-4)8-9-29-18-13-15(14(23)16(22)26-18)25-19(31-5)27-17(13)28/h12,24H,8-11H2,1-7H3,(H,25,27,28). The van der Waals surface area contributed by atoms with Gasteiger partial charge in [-0.05, 0) is 50.7 Å². The van der Waals surface area contributed by atoms with Crippen LogP contribution >= 0.6 is 23.4 Å². The molecule has 0 aliphatic heterocycles. The number of aromatic nitrogens is 3. The van der Waals surface area contributed by atoms with Crippen molar-refractivity contribution in [2.45, 2.75) is 75.0 Å². The molecule has 7 nitrogen and oxygen atoms in total. The fraction of sp³-hybridized carbons (Fsp3) is 0.667. The fourth-order valence-electron chi connectivity index (χ4n) is 3.64. The number of fused-ring (bicyclic) bond motifs is 1. The molecule has 0 spiro atoms. The zero-order valence-corrected chi connectivity index (χ0v) is 22.2. The molecule has 1 aliphatic carbocycles. The number of hydrogen-bond acceptors (Lipinski definition) is 8. The summed E-state index contributed by atoms with van der Waals surface area (Å²) < 4.78 is 26.9. The molecule has 178 valence electrons. The van der Waals surface area contributed by atoms with E-state index in [-0.39, 0.29) is 49.7 Å². The van der Waals surface area contributed by atoms with Crippen LogP contribution in [-0.4, -0.2) is 59.9 Å². The van der Waals surface area contributed by atoms with Gasteiger partial charge >= 0.3 is 0 Å². The lowest BCUT2D eigenvalue weighted by Crippen LogP contribution is -2.60. The second-order valence-corrected chi connectivity index (χ2v) is 15.7. The highest BCUT2D eigenvalue weighted by Crippen LogP contribution is 2.44. The Bertz CT molecular complexity index is 999. The third-order valence-electron chi connectivity index (χ3n) is 6.71. The van der Waals surface area contributed by atoms with Crippen molar-refractivity contribution in [2.24, 2.45) is 0 Å². The van der Waals surface area contributed by atoms with Gasteiger partial charge in [-0.15, -0.1) is 0 Å². The molecule has 0 unspecified atom stereocenters. The molecule has 0 saturated heterocycles. The van der Waals surface area contributed by atoms with Crippen LogP contribution in [0.25, 0.3) is 10.9 Å². The third-order valence-corrected chi connectivity index (χ3v) is 12.0. The van der Waals surface area contributed by atoms with Crippen molar-refractivity contribution < 1.29 is 18.7 Å². The number of pyridine rings is 1. The van der Waals surface area contributed by atoms with Crippen LogP contribution in [0.3, 0.4) is 0 Å². The maximum absolute atomic E-state index is 14.5. The van der Waals surface area contributed by atoms with Crippen molar-refractivity contribution in [3.8, 4) is 11.8 Å². The predicted molar refractivity (Wildman–Crippen MR) is 129 cm³/mol.